The molecule has 17 heavy (non-hydrogen) atoms. The Morgan fingerprint density at radius 3 is 2.24 bits per heavy atom. The van der Waals surface area contributed by atoms with Crippen molar-refractivity contribution in [2.24, 2.45) is 0 Å². The maximum Gasteiger partial charge on any atom is 0.408 e. The topological polar surface area (TPSA) is 75.6 Å². The Hall–Kier alpha value is -1.52. The molecule has 0 aliphatic heterocycles. The first-order valence-corrected chi connectivity index (χ1v) is 5.46. The summed E-state index contributed by atoms with van der Waals surface area (Å²) < 4.78 is 5.02. The van der Waals surface area contributed by atoms with Crippen LogP contribution in [0, 0.1) is 0 Å². The number of carbonyl (C=O) groups is 2. The summed E-state index contributed by atoms with van der Waals surface area (Å²) in [6.45, 7) is 10.1. The molecular weight excluding hydrogens is 222 g/mol. The largest absolute Gasteiger partial charge is 0.480 e. The van der Waals surface area contributed by atoms with Gasteiger partial charge in [0.15, 0.2) is 0 Å². The third kappa shape index (κ3) is 5.94. The van der Waals surface area contributed by atoms with E-state index in [-0.39, 0.29) is 6.42 Å². The van der Waals surface area contributed by atoms with Crippen LogP contribution in [-0.2, 0) is 9.53 Å². The maximum atomic E-state index is 11.5. The van der Waals surface area contributed by atoms with Crippen molar-refractivity contribution in [3.8, 4) is 0 Å². The van der Waals surface area contributed by atoms with E-state index in [1.54, 1.807) is 26.8 Å². The molecule has 5 nitrogen and oxygen atoms in total. The number of carboxylic acid groups (broad SMARTS) is 1. The van der Waals surface area contributed by atoms with Crippen LogP contribution in [0.3, 0.4) is 0 Å². The van der Waals surface area contributed by atoms with E-state index in [0.717, 1.165) is 0 Å². The Morgan fingerprint density at radius 1 is 1.35 bits per heavy atom. The predicted octanol–water partition coefficient (Wildman–Crippen LogP) is 2.32. The maximum absolute atomic E-state index is 11.5. The van der Waals surface area contributed by atoms with Crippen LogP contribution < -0.4 is 5.32 Å². The third-order valence-corrected chi connectivity index (χ3v) is 2.10. The molecular formula is C12H21NO4. The van der Waals surface area contributed by atoms with Gasteiger partial charge in [0.25, 0.3) is 0 Å². The molecule has 5 heteroatoms. The van der Waals surface area contributed by atoms with Crippen molar-refractivity contribution in [1.82, 2.24) is 5.32 Å². The SMILES string of the molecule is C=CCC[C@](C)(NC(=O)OC(C)(C)C)C(=O)O. The molecule has 98 valence electrons. The molecule has 0 aromatic carbocycles. The minimum absolute atomic E-state index is 0.269. The zero-order valence-corrected chi connectivity index (χ0v) is 10.9. The minimum Gasteiger partial charge on any atom is -0.480 e. The number of ether oxygens (including phenoxy) is 1. The normalized spacial score (nSPS) is 14.6. The van der Waals surface area contributed by atoms with E-state index < -0.39 is 23.2 Å². The van der Waals surface area contributed by atoms with Crippen LogP contribution in [0.1, 0.15) is 40.5 Å². The highest BCUT2D eigenvalue weighted by molar-refractivity contribution is 5.83. The third-order valence-electron chi connectivity index (χ3n) is 2.10. The molecule has 2 N–H and O–H groups in total. The molecule has 0 aromatic heterocycles. The van der Waals surface area contributed by atoms with Crippen LogP contribution in [0.25, 0.3) is 0 Å². The van der Waals surface area contributed by atoms with Crippen LogP contribution in [0.15, 0.2) is 12.7 Å². The lowest BCUT2D eigenvalue weighted by molar-refractivity contribution is -0.144. The molecule has 0 fully saturated rings. The molecule has 0 aromatic rings. The van der Waals surface area contributed by atoms with E-state index >= 15 is 0 Å². The summed E-state index contributed by atoms with van der Waals surface area (Å²) in [5.41, 5.74) is -1.99. The number of carboxylic acids is 1. The van der Waals surface area contributed by atoms with Gasteiger partial charge in [-0.05, 0) is 40.5 Å². The summed E-state index contributed by atoms with van der Waals surface area (Å²) in [5, 5.41) is 11.5. The van der Waals surface area contributed by atoms with Gasteiger partial charge in [-0.15, -0.1) is 6.58 Å². The van der Waals surface area contributed by atoms with Crippen molar-refractivity contribution in [3.63, 3.8) is 0 Å². The van der Waals surface area contributed by atoms with Gasteiger partial charge in [-0.1, -0.05) is 6.08 Å². The van der Waals surface area contributed by atoms with Crippen molar-refractivity contribution < 1.29 is 19.4 Å². The number of amides is 1. The first-order chi connectivity index (χ1) is 7.60. The summed E-state index contributed by atoms with van der Waals surface area (Å²) in [4.78, 5) is 22.6. The lowest BCUT2D eigenvalue weighted by atomic mass is 9.96. The fraction of sp³-hybridized carbons (Fsp3) is 0.667. The fourth-order valence-electron chi connectivity index (χ4n) is 1.14. The van der Waals surface area contributed by atoms with Gasteiger partial charge in [-0.3, -0.25) is 0 Å². The zero-order chi connectivity index (χ0) is 13.7. The average molecular weight is 243 g/mol. The van der Waals surface area contributed by atoms with Crippen molar-refractivity contribution in [2.45, 2.75) is 51.7 Å². The second-order valence-electron chi connectivity index (χ2n) is 5.09. The van der Waals surface area contributed by atoms with Gasteiger partial charge in [0.1, 0.15) is 11.1 Å². The predicted molar refractivity (Wildman–Crippen MR) is 64.8 cm³/mol. The molecule has 0 heterocycles. The molecule has 1 amide bonds. The van der Waals surface area contributed by atoms with Crippen molar-refractivity contribution in [3.05, 3.63) is 12.7 Å². The van der Waals surface area contributed by atoms with E-state index in [2.05, 4.69) is 11.9 Å². The van der Waals surface area contributed by atoms with Crippen LogP contribution in [0.2, 0.25) is 0 Å². The summed E-state index contributed by atoms with van der Waals surface area (Å²) in [6.07, 6.45) is 1.65. The van der Waals surface area contributed by atoms with Gasteiger partial charge in [0, 0.05) is 0 Å². The van der Waals surface area contributed by atoms with Crippen molar-refractivity contribution in [1.29, 1.82) is 0 Å². The van der Waals surface area contributed by atoms with Crippen molar-refractivity contribution >= 4 is 12.1 Å². The van der Waals surface area contributed by atoms with E-state index in [9.17, 15) is 9.59 Å². The Bertz CT molecular complexity index is 306. The van der Waals surface area contributed by atoms with Crippen LogP contribution in [0.5, 0.6) is 0 Å². The molecule has 0 unspecified atom stereocenters. The highest BCUT2D eigenvalue weighted by Crippen LogP contribution is 2.15. The van der Waals surface area contributed by atoms with Gasteiger partial charge in [-0.2, -0.15) is 0 Å². The highest BCUT2D eigenvalue weighted by Gasteiger charge is 2.35. The van der Waals surface area contributed by atoms with E-state index in [1.807, 2.05) is 0 Å². The first-order valence-electron chi connectivity index (χ1n) is 5.46. The summed E-state index contributed by atoms with van der Waals surface area (Å²) in [6, 6.07) is 0. The second kappa shape index (κ2) is 5.70. The van der Waals surface area contributed by atoms with Crippen molar-refractivity contribution in [2.75, 3.05) is 0 Å². The van der Waals surface area contributed by atoms with Gasteiger partial charge in [0.05, 0.1) is 0 Å². The van der Waals surface area contributed by atoms with E-state index in [0.29, 0.717) is 6.42 Å². The second-order valence-corrected chi connectivity index (χ2v) is 5.09. The number of rotatable bonds is 5. The molecule has 0 spiro atoms. The monoisotopic (exact) mass is 243 g/mol. The lowest BCUT2D eigenvalue weighted by Crippen LogP contribution is -2.53. The summed E-state index contributed by atoms with van der Waals surface area (Å²) in [7, 11) is 0. The average Bonchev–Trinajstić information content (AvgIpc) is 2.11. The number of allylic oxidation sites excluding steroid dienone is 1. The van der Waals surface area contributed by atoms with E-state index in [1.165, 1.54) is 6.92 Å². The number of nitrogens with one attached hydrogen (secondary N) is 1. The molecule has 0 bridgehead atoms. The number of hydrogen-bond donors (Lipinski definition) is 2. The highest BCUT2D eigenvalue weighted by atomic mass is 16.6. The molecule has 1 atom stereocenters. The minimum atomic E-state index is -1.34. The number of carbonyl (C=O) groups excluding carboxylic acids is 1. The summed E-state index contributed by atoms with van der Waals surface area (Å²) >= 11 is 0. The molecule has 0 aliphatic carbocycles. The van der Waals surface area contributed by atoms with Gasteiger partial charge >= 0.3 is 12.1 Å². The number of hydrogen-bond acceptors (Lipinski definition) is 3. The molecule has 0 rings (SSSR count). The van der Waals surface area contributed by atoms with Gasteiger partial charge in [-0.25, -0.2) is 9.59 Å². The Balaban J connectivity index is 4.60. The molecule has 0 aliphatic rings. The molecule has 0 saturated carbocycles. The standard InChI is InChI=1S/C12H21NO4/c1-6-7-8-12(5,9(14)15)13-10(16)17-11(2,3)4/h6H,1,7-8H2,2-5H3,(H,13,16)(H,14,15)/t12-/m0/s1. The van der Waals surface area contributed by atoms with Gasteiger partial charge < -0.3 is 15.2 Å². The van der Waals surface area contributed by atoms with Crippen LogP contribution in [-0.4, -0.2) is 28.3 Å². The van der Waals surface area contributed by atoms with Crippen LogP contribution in [0.4, 0.5) is 4.79 Å². The lowest BCUT2D eigenvalue weighted by Gasteiger charge is -2.28. The van der Waals surface area contributed by atoms with Crippen LogP contribution >= 0.6 is 0 Å². The van der Waals surface area contributed by atoms with Gasteiger partial charge in [0.2, 0.25) is 0 Å². The smallest absolute Gasteiger partial charge is 0.408 e. The fourth-order valence-corrected chi connectivity index (χ4v) is 1.14. The Morgan fingerprint density at radius 2 is 1.88 bits per heavy atom. The quantitative estimate of drug-likeness (QED) is 0.726. The number of alkyl carbamates (subject to hydrolysis) is 1. The van der Waals surface area contributed by atoms with E-state index in [4.69, 9.17) is 9.84 Å². The Kier molecular flexibility index (Phi) is 5.19. The molecule has 0 radical (unpaired) electrons. The molecule has 0 saturated heterocycles. The number of aliphatic carboxylic acids is 1. The Labute approximate surface area is 102 Å². The zero-order valence-electron chi connectivity index (χ0n) is 10.9. The summed E-state index contributed by atoms with van der Waals surface area (Å²) in [5.74, 6) is -1.09. The first kappa shape index (κ1) is 15.5.